The summed E-state index contributed by atoms with van der Waals surface area (Å²) >= 11 is 12.4. The first-order chi connectivity index (χ1) is 15.0. The Bertz CT molecular complexity index is 945. The van der Waals surface area contributed by atoms with E-state index in [0.29, 0.717) is 22.5 Å². The van der Waals surface area contributed by atoms with Gasteiger partial charge < -0.3 is 14.4 Å². The van der Waals surface area contributed by atoms with E-state index in [4.69, 9.17) is 32.7 Å². The molecule has 0 unspecified atom stereocenters. The number of ether oxygens (including phenoxy) is 2. The van der Waals surface area contributed by atoms with Crippen molar-refractivity contribution in [2.45, 2.75) is 43.9 Å². The second-order valence-corrected chi connectivity index (χ2v) is 9.04. The fraction of sp³-hybridized carbons (Fsp3) is 0.417. The third-order valence-electron chi connectivity index (χ3n) is 6.14. The van der Waals surface area contributed by atoms with Crippen LogP contribution >= 0.6 is 23.2 Å². The molecule has 4 rings (SSSR count). The minimum absolute atomic E-state index is 0.124. The summed E-state index contributed by atoms with van der Waals surface area (Å²) in [5, 5.41) is 1.21. The topological polar surface area (TPSA) is 55.8 Å². The van der Waals surface area contributed by atoms with Gasteiger partial charge in [-0.2, -0.15) is 0 Å². The molecule has 2 aliphatic rings. The molecule has 31 heavy (non-hydrogen) atoms. The predicted octanol–water partition coefficient (Wildman–Crippen LogP) is 5.37. The van der Waals surface area contributed by atoms with Crippen LogP contribution in [0.25, 0.3) is 0 Å². The van der Waals surface area contributed by atoms with Crippen LogP contribution in [0.3, 0.4) is 0 Å². The van der Waals surface area contributed by atoms with Gasteiger partial charge in [-0.25, -0.2) is 0 Å². The highest BCUT2D eigenvalue weighted by molar-refractivity contribution is 6.30. The maximum atomic E-state index is 13.5. The summed E-state index contributed by atoms with van der Waals surface area (Å²) in [6, 6.07) is 14.6. The molecule has 1 amide bonds. The Labute approximate surface area is 192 Å². The molecule has 0 spiro atoms. The highest BCUT2D eigenvalue weighted by atomic mass is 35.5. The lowest BCUT2D eigenvalue weighted by molar-refractivity contribution is -0.181. The molecule has 7 heteroatoms. The van der Waals surface area contributed by atoms with Gasteiger partial charge in [-0.05, 0) is 54.2 Å². The molecule has 1 heterocycles. The van der Waals surface area contributed by atoms with Crippen molar-refractivity contribution < 1.29 is 19.1 Å². The van der Waals surface area contributed by atoms with E-state index in [-0.39, 0.29) is 18.4 Å². The van der Waals surface area contributed by atoms with Gasteiger partial charge in [0.25, 0.3) is 5.91 Å². The van der Waals surface area contributed by atoms with Gasteiger partial charge in [-0.1, -0.05) is 53.9 Å². The molecular formula is C24H25Cl2NO4. The first kappa shape index (κ1) is 22.1. The van der Waals surface area contributed by atoms with Gasteiger partial charge in [0.05, 0.1) is 19.6 Å². The lowest BCUT2D eigenvalue weighted by Crippen LogP contribution is -2.53. The molecule has 1 aliphatic heterocycles. The monoisotopic (exact) mass is 461 g/mol. The molecule has 1 saturated carbocycles. The number of carbonyl (C=O) groups is 2. The van der Waals surface area contributed by atoms with Gasteiger partial charge in [0, 0.05) is 16.6 Å². The van der Waals surface area contributed by atoms with Gasteiger partial charge in [0.1, 0.15) is 12.2 Å². The summed E-state index contributed by atoms with van der Waals surface area (Å²) in [6.07, 6.45) is 1.87. The second-order valence-electron chi connectivity index (χ2n) is 8.16. The zero-order valence-electron chi connectivity index (χ0n) is 17.3. The van der Waals surface area contributed by atoms with Crippen LogP contribution in [-0.4, -0.2) is 36.5 Å². The van der Waals surface area contributed by atoms with E-state index in [1.54, 1.807) is 6.07 Å². The number of carbonyl (C=O) groups excluding carboxylic acids is 2. The van der Waals surface area contributed by atoms with E-state index in [2.05, 4.69) is 0 Å². The average molecular weight is 462 g/mol. The van der Waals surface area contributed by atoms with Crippen LogP contribution in [0.5, 0.6) is 0 Å². The molecular weight excluding hydrogens is 437 g/mol. The summed E-state index contributed by atoms with van der Waals surface area (Å²) < 4.78 is 11.1. The number of nitrogens with zero attached hydrogens (tertiary/aromatic N) is 1. The molecule has 2 aromatic carbocycles. The predicted molar refractivity (Wildman–Crippen MR) is 119 cm³/mol. The SMILES string of the molecule is COC(=O)C[C@H]1O[C@H](c2cccc(Cl)c2)[C@@H](c2ccc(Cl)cc2)N(CC2CCC2)C1=O. The lowest BCUT2D eigenvalue weighted by Gasteiger charge is -2.46. The molecule has 0 radical (unpaired) electrons. The number of rotatable bonds is 6. The number of morpholine rings is 1. The Morgan fingerprint density at radius 2 is 1.84 bits per heavy atom. The molecule has 2 fully saturated rings. The van der Waals surface area contributed by atoms with Gasteiger partial charge in [-0.15, -0.1) is 0 Å². The Morgan fingerprint density at radius 3 is 2.45 bits per heavy atom. The second kappa shape index (κ2) is 9.60. The number of methoxy groups -OCH3 is 1. The van der Waals surface area contributed by atoms with Crippen LogP contribution in [0.15, 0.2) is 48.5 Å². The van der Waals surface area contributed by atoms with E-state index in [1.807, 2.05) is 47.4 Å². The fourth-order valence-electron chi connectivity index (χ4n) is 4.28. The first-order valence-corrected chi connectivity index (χ1v) is 11.3. The first-order valence-electron chi connectivity index (χ1n) is 10.5. The maximum absolute atomic E-state index is 13.5. The van der Waals surface area contributed by atoms with Crippen LogP contribution in [-0.2, 0) is 19.1 Å². The molecule has 2 aromatic rings. The Kier molecular flexibility index (Phi) is 6.85. The molecule has 1 saturated heterocycles. The van der Waals surface area contributed by atoms with E-state index in [0.717, 1.165) is 24.0 Å². The lowest BCUT2D eigenvalue weighted by atomic mass is 9.83. The zero-order valence-corrected chi connectivity index (χ0v) is 18.8. The van der Waals surface area contributed by atoms with Crippen LogP contribution in [0.2, 0.25) is 10.0 Å². The van der Waals surface area contributed by atoms with E-state index in [9.17, 15) is 9.59 Å². The van der Waals surface area contributed by atoms with E-state index in [1.165, 1.54) is 13.5 Å². The zero-order chi connectivity index (χ0) is 22.0. The van der Waals surface area contributed by atoms with Crippen molar-refractivity contribution in [2.75, 3.05) is 13.7 Å². The quantitative estimate of drug-likeness (QED) is 0.542. The van der Waals surface area contributed by atoms with Crippen molar-refractivity contribution in [3.8, 4) is 0 Å². The minimum atomic E-state index is -0.903. The van der Waals surface area contributed by atoms with Crippen molar-refractivity contribution in [3.05, 3.63) is 69.7 Å². The van der Waals surface area contributed by atoms with E-state index < -0.39 is 18.2 Å². The Morgan fingerprint density at radius 1 is 1.10 bits per heavy atom. The van der Waals surface area contributed by atoms with Crippen molar-refractivity contribution in [3.63, 3.8) is 0 Å². The molecule has 3 atom stereocenters. The summed E-state index contributed by atoms with van der Waals surface area (Å²) in [7, 11) is 1.31. The number of benzene rings is 2. The van der Waals surface area contributed by atoms with Crippen LogP contribution in [0, 0.1) is 5.92 Å². The van der Waals surface area contributed by atoms with Crippen molar-refractivity contribution >= 4 is 35.1 Å². The minimum Gasteiger partial charge on any atom is -0.469 e. The summed E-state index contributed by atoms with van der Waals surface area (Å²) in [6.45, 7) is 0.629. The smallest absolute Gasteiger partial charge is 0.308 e. The van der Waals surface area contributed by atoms with Crippen LogP contribution in [0.1, 0.15) is 49.0 Å². The summed E-state index contributed by atoms with van der Waals surface area (Å²) in [5.41, 5.74) is 1.78. The number of hydrogen-bond acceptors (Lipinski definition) is 4. The Hall–Kier alpha value is -2.08. The van der Waals surface area contributed by atoms with E-state index >= 15 is 0 Å². The molecule has 164 valence electrons. The summed E-state index contributed by atoms with van der Waals surface area (Å²) in [4.78, 5) is 27.4. The standard InChI is InChI=1S/C24H25Cl2NO4/c1-30-21(28)13-20-24(29)27(14-15-4-2-5-15)22(16-8-10-18(25)11-9-16)23(31-20)17-6-3-7-19(26)12-17/h3,6-12,15,20,22-23H,2,4-5,13-14H2,1H3/t20-,22-,23-/m1/s1. The Balaban J connectivity index is 1.77. The van der Waals surface area contributed by atoms with Gasteiger partial charge in [0.15, 0.2) is 0 Å². The number of hydrogen-bond donors (Lipinski definition) is 0. The van der Waals surface area contributed by atoms with Gasteiger partial charge >= 0.3 is 5.97 Å². The van der Waals surface area contributed by atoms with Crippen molar-refractivity contribution in [1.29, 1.82) is 0 Å². The normalized spacial score (nSPS) is 24.0. The molecule has 0 aromatic heterocycles. The highest BCUT2D eigenvalue weighted by Crippen LogP contribution is 2.44. The summed E-state index contributed by atoms with van der Waals surface area (Å²) in [5.74, 6) is -0.206. The fourth-order valence-corrected chi connectivity index (χ4v) is 4.61. The molecule has 1 aliphatic carbocycles. The third-order valence-corrected chi connectivity index (χ3v) is 6.63. The number of halogens is 2. The molecule has 0 N–H and O–H groups in total. The molecule has 0 bridgehead atoms. The number of amides is 1. The number of esters is 1. The molecule has 5 nitrogen and oxygen atoms in total. The largest absolute Gasteiger partial charge is 0.469 e. The van der Waals surface area contributed by atoms with Crippen molar-refractivity contribution in [2.24, 2.45) is 5.92 Å². The average Bonchev–Trinajstić information content (AvgIpc) is 2.73. The van der Waals surface area contributed by atoms with Crippen LogP contribution < -0.4 is 0 Å². The third kappa shape index (κ3) is 4.89. The van der Waals surface area contributed by atoms with Crippen molar-refractivity contribution in [1.82, 2.24) is 4.90 Å². The van der Waals surface area contributed by atoms with Gasteiger partial charge in [-0.3, -0.25) is 9.59 Å². The van der Waals surface area contributed by atoms with Crippen LogP contribution in [0.4, 0.5) is 0 Å². The highest BCUT2D eigenvalue weighted by Gasteiger charge is 2.45. The van der Waals surface area contributed by atoms with Gasteiger partial charge in [0.2, 0.25) is 0 Å². The maximum Gasteiger partial charge on any atom is 0.308 e.